The van der Waals surface area contributed by atoms with Crippen LogP contribution in [0.1, 0.15) is 12.0 Å². The quantitative estimate of drug-likeness (QED) is 0.900. The predicted octanol–water partition coefficient (Wildman–Crippen LogP) is 4.16. The molecule has 0 unspecified atom stereocenters. The van der Waals surface area contributed by atoms with E-state index in [1.807, 2.05) is 24.3 Å². The summed E-state index contributed by atoms with van der Waals surface area (Å²) in [5.41, 5.74) is 1.29. The van der Waals surface area contributed by atoms with Gasteiger partial charge in [-0.1, -0.05) is 40.2 Å². The number of aryl methyl sites for hydroxylation is 1. The molecule has 4 heteroatoms. The summed E-state index contributed by atoms with van der Waals surface area (Å²) in [6.45, 7) is 0. The molecule has 1 N–H and O–H groups in total. The number of halogens is 2. The summed E-state index contributed by atoms with van der Waals surface area (Å²) >= 11 is 3.38. The Bertz CT molecular complexity index is 586. The van der Waals surface area contributed by atoms with Gasteiger partial charge in [0, 0.05) is 10.9 Å². The molecule has 0 saturated heterocycles. The Morgan fingerprint density at radius 3 is 2.68 bits per heavy atom. The van der Waals surface area contributed by atoms with Crippen LogP contribution in [0.25, 0.3) is 0 Å². The molecule has 19 heavy (non-hydrogen) atoms. The summed E-state index contributed by atoms with van der Waals surface area (Å²) in [7, 11) is 0. The van der Waals surface area contributed by atoms with Crippen molar-refractivity contribution in [1.82, 2.24) is 0 Å². The second kappa shape index (κ2) is 6.48. The molecule has 98 valence electrons. The molecule has 0 aliphatic carbocycles. The number of hydrogen-bond acceptors (Lipinski definition) is 1. The summed E-state index contributed by atoms with van der Waals surface area (Å²) in [6, 6.07) is 13.9. The minimum Gasteiger partial charge on any atom is -0.324 e. The van der Waals surface area contributed by atoms with E-state index in [9.17, 15) is 9.18 Å². The average molecular weight is 322 g/mol. The molecule has 0 spiro atoms. The smallest absolute Gasteiger partial charge is 0.224 e. The zero-order valence-electron chi connectivity index (χ0n) is 10.2. The lowest BCUT2D eigenvalue weighted by atomic mass is 10.1. The van der Waals surface area contributed by atoms with Crippen LogP contribution in [0, 0.1) is 5.82 Å². The fraction of sp³-hybridized carbons (Fsp3) is 0.133. The number of hydrogen-bond donors (Lipinski definition) is 1. The van der Waals surface area contributed by atoms with Crippen LogP contribution in [-0.2, 0) is 11.2 Å². The third kappa shape index (κ3) is 4.17. The lowest BCUT2D eigenvalue weighted by Crippen LogP contribution is -2.13. The lowest BCUT2D eigenvalue weighted by molar-refractivity contribution is -0.116. The second-order valence-electron chi connectivity index (χ2n) is 4.16. The molecule has 0 bridgehead atoms. The number of anilines is 1. The molecule has 2 rings (SSSR count). The number of rotatable bonds is 4. The summed E-state index contributed by atoms with van der Waals surface area (Å²) < 4.78 is 14.3. The molecule has 0 fully saturated rings. The first-order chi connectivity index (χ1) is 9.15. The highest BCUT2D eigenvalue weighted by Crippen LogP contribution is 2.15. The van der Waals surface area contributed by atoms with Gasteiger partial charge in [-0.3, -0.25) is 4.79 Å². The Morgan fingerprint density at radius 1 is 1.16 bits per heavy atom. The number of nitrogens with one attached hydrogen (secondary N) is 1. The van der Waals surface area contributed by atoms with Crippen molar-refractivity contribution in [2.24, 2.45) is 0 Å². The number of carbonyl (C=O) groups excluding carboxylic acids is 1. The van der Waals surface area contributed by atoms with Gasteiger partial charge >= 0.3 is 0 Å². The van der Waals surface area contributed by atoms with E-state index in [-0.39, 0.29) is 11.6 Å². The fourth-order valence-electron chi connectivity index (χ4n) is 1.73. The van der Waals surface area contributed by atoms with E-state index in [2.05, 4.69) is 21.2 Å². The molecular formula is C15H13BrFNO. The molecule has 0 radical (unpaired) electrons. The fourth-order valence-corrected chi connectivity index (χ4v) is 2.17. The minimum absolute atomic E-state index is 0.190. The van der Waals surface area contributed by atoms with Crippen LogP contribution < -0.4 is 5.32 Å². The maximum absolute atomic E-state index is 13.3. The van der Waals surface area contributed by atoms with Gasteiger partial charge in [0.2, 0.25) is 5.91 Å². The Balaban J connectivity index is 1.90. The van der Waals surface area contributed by atoms with E-state index in [1.165, 1.54) is 6.07 Å². The summed E-state index contributed by atoms with van der Waals surface area (Å²) in [4.78, 5) is 11.7. The van der Waals surface area contributed by atoms with Crippen molar-refractivity contribution < 1.29 is 9.18 Å². The molecule has 0 aliphatic rings. The van der Waals surface area contributed by atoms with E-state index in [0.717, 1.165) is 10.0 Å². The first kappa shape index (κ1) is 13.7. The molecule has 0 atom stereocenters. The van der Waals surface area contributed by atoms with E-state index >= 15 is 0 Å². The number of para-hydroxylation sites is 1. The molecule has 1 amide bonds. The predicted molar refractivity (Wildman–Crippen MR) is 77.5 cm³/mol. The van der Waals surface area contributed by atoms with Gasteiger partial charge in [-0.25, -0.2) is 4.39 Å². The summed E-state index contributed by atoms with van der Waals surface area (Å²) in [5.74, 6) is -0.608. The molecule has 0 saturated carbocycles. The molecule has 0 aromatic heterocycles. The van der Waals surface area contributed by atoms with Crippen molar-refractivity contribution in [1.29, 1.82) is 0 Å². The highest BCUT2D eigenvalue weighted by Gasteiger charge is 2.06. The normalized spacial score (nSPS) is 10.2. The zero-order valence-corrected chi connectivity index (χ0v) is 11.8. The van der Waals surface area contributed by atoms with Crippen LogP contribution in [-0.4, -0.2) is 5.91 Å². The Morgan fingerprint density at radius 2 is 1.95 bits per heavy atom. The topological polar surface area (TPSA) is 29.1 Å². The van der Waals surface area contributed by atoms with Crippen molar-refractivity contribution in [2.45, 2.75) is 12.8 Å². The van der Waals surface area contributed by atoms with Crippen LogP contribution in [0.5, 0.6) is 0 Å². The SMILES string of the molecule is O=C(CCc1cccc(Br)c1)Nc1ccccc1F. The maximum atomic E-state index is 13.3. The minimum atomic E-state index is -0.418. The first-order valence-electron chi connectivity index (χ1n) is 5.94. The zero-order chi connectivity index (χ0) is 13.7. The van der Waals surface area contributed by atoms with Crippen LogP contribution in [0.15, 0.2) is 53.0 Å². The Hall–Kier alpha value is -1.68. The van der Waals surface area contributed by atoms with E-state index in [1.54, 1.807) is 18.2 Å². The lowest BCUT2D eigenvalue weighted by Gasteiger charge is -2.06. The van der Waals surface area contributed by atoms with Gasteiger partial charge in [0.05, 0.1) is 5.69 Å². The van der Waals surface area contributed by atoms with Crippen molar-refractivity contribution in [2.75, 3.05) is 5.32 Å². The third-order valence-electron chi connectivity index (χ3n) is 2.68. The van der Waals surface area contributed by atoms with E-state index < -0.39 is 5.82 Å². The van der Waals surface area contributed by atoms with Crippen molar-refractivity contribution in [3.05, 3.63) is 64.4 Å². The molecule has 2 nitrogen and oxygen atoms in total. The average Bonchev–Trinajstić information content (AvgIpc) is 2.39. The third-order valence-corrected chi connectivity index (χ3v) is 3.17. The summed E-state index contributed by atoms with van der Waals surface area (Å²) in [6.07, 6.45) is 0.949. The van der Waals surface area contributed by atoms with Gasteiger partial charge in [0.1, 0.15) is 5.82 Å². The van der Waals surface area contributed by atoms with Gasteiger partial charge in [-0.05, 0) is 36.2 Å². The molecular weight excluding hydrogens is 309 g/mol. The van der Waals surface area contributed by atoms with Gasteiger partial charge in [0.15, 0.2) is 0 Å². The monoisotopic (exact) mass is 321 g/mol. The van der Waals surface area contributed by atoms with Gasteiger partial charge in [0.25, 0.3) is 0 Å². The highest BCUT2D eigenvalue weighted by molar-refractivity contribution is 9.10. The van der Waals surface area contributed by atoms with E-state index in [4.69, 9.17) is 0 Å². The largest absolute Gasteiger partial charge is 0.324 e. The number of carbonyl (C=O) groups is 1. The second-order valence-corrected chi connectivity index (χ2v) is 5.07. The molecule has 2 aromatic carbocycles. The first-order valence-corrected chi connectivity index (χ1v) is 6.73. The van der Waals surface area contributed by atoms with Crippen molar-refractivity contribution in [3.63, 3.8) is 0 Å². The van der Waals surface area contributed by atoms with Gasteiger partial charge in [-0.15, -0.1) is 0 Å². The molecule has 0 heterocycles. The number of amides is 1. The number of benzene rings is 2. The van der Waals surface area contributed by atoms with Gasteiger partial charge < -0.3 is 5.32 Å². The molecule has 0 aliphatic heterocycles. The Kier molecular flexibility index (Phi) is 4.68. The standard InChI is InChI=1S/C15H13BrFNO/c16-12-5-3-4-11(10-12)8-9-15(19)18-14-7-2-1-6-13(14)17/h1-7,10H,8-9H2,(H,18,19). The Labute approximate surface area is 119 Å². The summed E-state index contributed by atoms with van der Waals surface area (Å²) in [5, 5.41) is 2.57. The molecule has 2 aromatic rings. The van der Waals surface area contributed by atoms with E-state index in [0.29, 0.717) is 12.8 Å². The van der Waals surface area contributed by atoms with Crippen molar-refractivity contribution in [3.8, 4) is 0 Å². The van der Waals surface area contributed by atoms with Crippen LogP contribution >= 0.6 is 15.9 Å². The van der Waals surface area contributed by atoms with Crippen LogP contribution in [0.2, 0.25) is 0 Å². The van der Waals surface area contributed by atoms with Crippen molar-refractivity contribution >= 4 is 27.5 Å². The van der Waals surface area contributed by atoms with Crippen LogP contribution in [0.3, 0.4) is 0 Å². The maximum Gasteiger partial charge on any atom is 0.224 e. The highest BCUT2D eigenvalue weighted by atomic mass is 79.9. The van der Waals surface area contributed by atoms with Gasteiger partial charge in [-0.2, -0.15) is 0 Å². The van der Waals surface area contributed by atoms with Crippen LogP contribution in [0.4, 0.5) is 10.1 Å².